The SMILES string of the molecule is C=C1CCC(N2C(=O)c3ccc(OCC(=O)NCCN(C)CCN)cc3C2=O)C(=O)N1.CC.CC. The highest BCUT2D eigenvalue weighted by atomic mass is 16.5. The van der Waals surface area contributed by atoms with Gasteiger partial charge in [0, 0.05) is 31.9 Å². The van der Waals surface area contributed by atoms with Gasteiger partial charge in [-0.25, -0.2) is 0 Å². The summed E-state index contributed by atoms with van der Waals surface area (Å²) >= 11 is 0. The Hall–Kier alpha value is -3.24. The molecule has 194 valence electrons. The molecule has 1 fully saturated rings. The second-order valence-corrected chi connectivity index (χ2v) is 7.57. The van der Waals surface area contributed by atoms with Gasteiger partial charge in [-0.3, -0.25) is 24.1 Å². The lowest BCUT2D eigenvalue weighted by molar-refractivity contribution is -0.125. The number of ether oxygens (including phenoxy) is 1. The van der Waals surface area contributed by atoms with Crippen LogP contribution in [0, 0.1) is 0 Å². The average molecular weight is 490 g/mol. The Morgan fingerprint density at radius 1 is 1.17 bits per heavy atom. The minimum absolute atomic E-state index is 0.156. The van der Waals surface area contributed by atoms with E-state index in [4.69, 9.17) is 10.5 Å². The van der Waals surface area contributed by atoms with E-state index in [9.17, 15) is 19.2 Å². The van der Waals surface area contributed by atoms with Crippen molar-refractivity contribution in [2.45, 2.75) is 46.6 Å². The van der Waals surface area contributed by atoms with Gasteiger partial charge in [0.1, 0.15) is 11.8 Å². The Kier molecular flexibility index (Phi) is 12.7. The molecule has 0 spiro atoms. The molecule has 2 aliphatic rings. The van der Waals surface area contributed by atoms with E-state index in [1.165, 1.54) is 18.2 Å². The van der Waals surface area contributed by atoms with E-state index in [1.54, 1.807) is 0 Å². The van der Waals surface area contributed by atoms with Crippen LogP contribution in [0.4, 0.5) is 0 Å². The minimum atomic E-state index is -0.870. The monoisotopic (exact) mass is 489 g/mol. The zero-order valence-corrected chi connectivity index (χ0v) is 21.5. The Bertz CT molecular complexity index is 918. The van der Waals surface area contributed by atoms with E-state index in [1.807, 2.05) is 39.6 Å². The first kappa shape index (κ1) is 29.8. The number of piperidine rings is 1. The second kappa shape index (κ2) is 14.9. The molecular weight excluding hydrogens is 450 g/mol. The van der Waals surface area contributed by atoms with Crippen molar-refractivity contribution in [1.82, 2.24) is 20.4 Å². The molecule has 10 heteroatoms. The van der Waals surface area contributed by atoms with Crippen molar-refractivity contribution in [3.63, 3.8) is 0 Å². The Balaban J connectivity index is 0.00000145. The van der Waals surface area contributed by atoms with Crippen molar-refractivity contribution in [2.24, 2.45) is 5.73 Å². The predicted octanol–water partition coefficient (Wildman–Crippen LogP) is 1.51. The van der Waals surface area contributed by atoms with Gasteiger partial charge in [0.15, 0.2) is 6.61 Å². The zero-order chi connectivity index (χ0) is 26.5. The summed E-state index contributed by atoms with van der Waals surface area (Å²) < 4.78 is 5.48. The highest BCUT2D eigenvalue weighted by molar-refractivity contribution is 6.23. The summed E-state index contributed by atoms with van der Waals surface area (Å²) in [6.45, 7) is 13.9. The lowest BCUT2D eigenvalue weighted by Crippen LogP contribution is -2.51. The summed E-state index contributed by atoms with van der Waals surface area (Å²) in [6, 6.07) is 3.56. The van der Waals surface area contributed by atoms with Crippen LogP contribution in [0.15, 0.2) is 30.5 Å². The third kappa shape index (κ3) is 7.90. The Morgan fingerprint density at radius 2 is 1.83 bits per heavy atom. The van der Waals surface area contributed by atoms with Crippen LogP contribution in [-0.4, -0.2) is 79.3 Å². The molecule has 1 saturated heterocycles. The predicted molar refractivity (Wildman–Crippen MR) is 135 cm³/mol. The number of nitrogens with zero attached hydrogens (tertiary/aromatic N) is 2. The van der Waals surface area contributed by atoms with Gasteiger partial charge in [0.25, 0.3) is 17.7 Å². The summed E-state index contributed by atoms with van der Waals surface area (Å²) in [5.41, 5.74) is 6.41. The molecule has 1 unspecified atom stereocenters. The minimum Gasteiger partial charge on any atom is -0.484 e. The van der Waals surface area contributed by atoms with Gasteiger partial charge in [-0.1, -0.05) is 34.3 Å². The van der Waals surface area contributed by atoms with Crippen molar-refractivity contribution in [2.75, 3.05) is 39.8 Å². The topological polar surface area (TPSA) is 134 Å². The van der Waals surface area contributed by atoms with E-state index in [-0.39, 0.29) is 23.6 Å². The number of fused-ring (bicyclic) bond motifs is 1. The average Bonchev–Trinajstić information content (AvgIpc) is 3.10. The number of carbonyl (C=O) groups is 4. The molecule has 2 heterocycles. The Morgan fingerprint density at radius 3 is 2.46 bits per heavy atom. The third-order valence-corrected chi connectivity index (χ3v) is 5.22. The van der Waals surface area contributed by atoms with Crippen molar-refractivity contribution >= 4 is 23.6 Å². The highest BCUT2D eigenvalue weighted by Gasteiger charge is 2.44. The molecule has 3 rings (SSSR count). The number of benzene rings is 1. The number of hydrogen-bond acceptors (Lipinski definition) is 7. The quantitative estimate of drug-likeness (QED) is 0.448. The second-order valence-electron chi connectivity index (χ2n) is 7.57. The molecule has 4 N–H and O–H groups in total. The molecule has 2 aliphatic heterocycles. The van der Waals surface area contributed by atoms with Crippen molar-refractivity contribution < 1.29 is 23.9 Å². The fraction of sp³-hybridized carbons (Fsp3) is 0.520. The fourth-order valence-electron chi connectivity index (χ4n) is 3.54. The van der Waals surface area contributed by atoms with Crippen LogP contribution in [-0.2, 0) is 9.59 Å². The first-order valence-corrected chi connectivity index (χ1v) is 12.1. The normalized spacial score (nSPS) is 16.5. The number of likely N-dealkylation sites (N-methyl/N-ethyl adjacent to an activating group) is 1. The molecule has 1 atom stereocenters. The number of allylic oxidation sites excluding steroid dienone is 1. The number of amides is 4. The van der Waals surface area contributed by atoms with Gasteiger partial charge in [-0.05, 0) is 38.1 Å². The largest absolute Gasteiger partial charge is 0.484 e. The van der Waals surface area contributed by atoms with E-state index in [2.05, 4.69) is 17.2 Å². The van der Waals surface area contributed by atoms with Gasteiger partial charge in [0.05, 0.1) is 11.1 Å². The molecule has 1 aromatic rings. The van der Waals surface area contributed by atoms with Crippen molar-refractivity contribution in [1.29, 1.82) is 0 Å². The van der Waals surface area contributed by atoms with Crippen LogP contribution in [0.5, 0.6) is 5.75 Å². The lowest BCUT2D eigenvalue weighted by Gasteiger charge is -2.29. The Labute approximate surface area is 207 Å². The summed E-state index contributed by atoms with van der Waals surface area (Å²) in [5.74, 6) is -1.50. The summed E-state index contributed by atoms with van der Waals surface area (Å²) in [7, 11) is 1.91. The van der Waals surface area contributed by atoms with Gasteiger partial charge >= 0.3 is 0 Å². The molecular formula is C25H39N5O5. The molecule has 0 aliphatic carbocycles. The van der Waals surface area contributed by atoms with Crippen molar-refractivity contribution in [3.8, 4) is 5.75 Å². The van der Waals surface area contributed by atoms with Crippen LogP contribution in [0.3, 0.4) is 0 Å². The third-order valence-electron chi connectivity index (χ3n) is 5.22. The number of carbonyl (C=O) groups excluding carboxylic acids is 4. The number of imide groups is 1. The lowest BCUT2D eigenvalue weighted by atomic mass is 10.0. The number of nitrogens with one attached hydrogen (secondary N) is 2. The number of hydrogen-bond donors (Lipinski definition) is 3. The maximum atomic E-state index is 12.8. The van der Waals surface area contributed by atoms with Gasteiger partial charge in [-0.2, -0.15) is 0 Å². The molecule has 35 heavy (non-hydrogen) atoms. The van der Waals surface area contributed by atoms with Crippen LogP contribution in [0.2, 0.25) is 0 Å². The summed E-state index contributed by atoms with van der Waals surface area (Å²) in [4.78, 5) is 52.8. The standard InChI is InChI=1S/C21H27N5O5.2C2H6/c1-13-3-6-17(19(28)24-13)26-20(29)15-5-4-14(11-16(15)21(26)30)31-12-18(27)23-8-10-25(2)9-7-22;2*1-2/h4-5,11,17H,1,3,6-10,12,22H2,2H3,(H,23,27)(H,24,28);2*1-2H3. The van der Waals surface area contributed by atoms with Crippen LogP contribution >= 0.6 is 0 Å². The van der Waals surface area contributed by atoms with Gasteiger partial charge in [-0.15, -0.1) is 0 Å². The molecule has 0 radical (unpaired) electrons. The van der Waals surface area contributed by atoms with E-state index < -0.39 is 23.8 Å². The van der Waals surface area contributed by atoms with Gasteiger partial charge in [0.2, 0.25) is 5.91 Å². The smallest absolute Gasteiger partial charge is 0.262 e. The van der Waals surface area contributed by atoms with Gasteiger partial charge < -0.3 is 26.0 Å². The number of rotatable bonds is 9. The maximum Gasteiger partial charge on any atom is 0.262 e. The molecule has 4 amide bonds. The van der Waals surface area contributed by atoms with Crippen LogP contribution in [0.1, 0.15) is 61.3 Å². The molecule has 10 nitrogen and oxygen atoms in total. The summed E-state index contributed by atoms with van der Waals surface area (Å²) in [5, 5.41) is 5.33. The van der Waals surface area contributed by atoms with Crippen LogP contribution < -0.4 is 21.1 Å². The molecule has 1 aromatic carbocycles. The zero-order valence-electron chi connectivity index (χ0n) is 21.5. The van der Waals surface area contributed by atoms with E-state index >= 15 is 0 Å². The van der Waals surface area contributed by atoms with Crippen molar-refractivity contribution in [3.05, 3.63) is 41.6 Å². The maximum absolute atomic E-state index is 12.8. The van der Waals surface area contributed by atoms with E-state index in [0.717, 1.165) is 11.4 Å². The first-order chi connectivity index (χ1) is 16.8. The molecule has 0 aromatic heterocycles. The number of nitrogens with two attached hydrogens (primary N) is 1. The summed E-state index contributed by atoms with van der Waals surface area (Å²) in [6.07, 6.45) is 0.829. The first-order valence-electron chi connectivity index (χ1n) is 12.1. The fourth-order valence-corrected chi connectivity index (χ4v) is 3.54. The molecule has 0 saturated carbocycles. The van der Waals surface area contributed by atoms with Crippen LogP contribution in [0.25, 0.3) is 0 Å². The van der Waals surface area contributed by atoms with E-state index in [0.29, 0.717) is 43.9 Å². The molecule has 0 bridgehead atoms. The highest BCUT2D eigenvalue weighted by Crippen LogP contribution is 2.30.